The molecule has 1 aromatic rings. The summed E-state index contributed by atoms with van der Waals surface area (Å²) in [6.07, 6.45) is 0.983. The maximum Gasteiger partial charge on any atom is 0.254 e. The molecule has 0 saturated carbocycles. The molecule has 0 aromatic carbocycles. The molecule has 0 N–H and O–H groups in total. The summed E-state index contributed by atoms with van der Waals surface area (Å²) >= 11 is 0. The lowest BCUT2D eigenvalue weighted by Crippen LogP contribution is -2.30. The van der Waals surface area contributed by atoms with Crippen LogP contribution >= 0.6 is 0 Å². The summed E-state index contributed by atoms with van der Waals surface area (Å²) in [6.45, 7) is 0.884. The number of carbonyl (C=O) groups excluding carboxylic acids is 1. The highest BCUT2D eigenvalue weighted by atomic mass is 19.1. The van der Waals surface area contributed by atoms with E-state index in [2.05, 4.69) is 4.98 Å². The van der Waals surface area contributed by atoms with E-state index in [4.69, 9.17) is 9.47 Å². The second-order valence-corrected chi connectivity index (χ2v) is 4.13. The van der Waals surface area contributed by atoms with Crippen LogP contribution in [0.25, 0.3) is 0 Å². The van der Waals surface area contributed by atoms with E-state index in [1.165, 1.54) is 12.3 Å². The topological polar surface area (TPSA) is 51.7 Å². The number of methoxy groups -OCH3 is 2. The average molecular weight is 254 g/mol. The van der Waals surface area contributed by atoms with E-state index < -0.39 is 5.95 Å². The lowest BCUT2D eigenvalue weighted by molar-refractivity contribution is -0.00461. The average Bonchev–Trinajstić information content (AvgIpc) is 2.81. The van der Waals surface area contributed by atoms with Gasteiger partial charge in [0.15, 0.2) is 0 Å². The quantitative estimate of drug-likeness (QED) is 0.745. The van der Waals surface area contributed by atoms with Crippen molar-refractivity contribution < 1.29 is 18.7 Å². The highest BCUT2D eigenvalue weighted by Crippen LogP contribution is 2.18. The first-order valence-corrected chi connectivity index (χ1v) is 5.62. The fourth-order valence-electron chi connectivity index (χ4n) is 2.08. The smallest absolute Gasteiger partial charge is 0.254 e. The molecule has 1 aromatic heterocycles. The van der Waals surface area contributed by atoms with Crippen LogP contribution < -0.4 is 0 Å². The Morgan fingerprint density at radius 2 is 2.00 bits per heavy atom. The summed E-state index contributed by atoms with van der Waals surface area (Å²) in [7, 11) is 3.16. The van der Waals surface area contributed by atoms with E-state index in [1.54, 1.807) is 19.1 Å². The highest BCUT2D eigenvalue weighted by Gasteiger charge is 2.35. The largest absolute Gasteiger partial charge is 0.377 e. The molecule has 98 valence electrons. The molecule has 5 nitrogen and oxygen atoms in total. The maximum atomic E-state index is 13.0. The lowest BCUT2D eigenvalue weighted by Gasteiger charge is -2.15. The molecule has 0 radical (unpaired) electrons. The molecular formula is C12H15FN2O3. The van der Waals surface area contributed by atoms with Crippen LogP contribution in [-0.4, -0.2) is 55.3 Å². The molecule has 2 heterocycles. The minimum absolute atomic E-state index is 0.148. The Kier molecular flexibility index (Phi) is 3.88. The Labute approximate surface area is 105 Å². The van der Waals surface area contributed by atoms with Crippen molar-refractivity contribution in [3.8, 4) is 0 Å². The van der Waals surface area contributed by atoms with E-state index in [0.29, 0.717) is 13.1 Å². The third-order valence-corrected chi connectivity index (χ3v) is 3.08. The molecule has 1 fully saturated rings. The number of nitrogens with zero attached hydrogens (tertiary/aromatic N) is 2. The van der Waals surface area contributed by atoms with Crippen LogP contribution in [0.2, 0.25) is 0 Å². The van der Waals surface area contributed by atoms with Gasteiger partial charge in [0.2, 0.25) is 5.95 Å². The highest BCUT2D eigenvalue weighted by molar-refractivity contribution is 5.94. The van der Waals surface area contributed by atoms with Gasteiger partial charge in [-0.3, -0.25) is 4.79 Å². The minimum Gasteiger partial charge on any atom is -0.377 e. The van der Waals surface area contributed by atoms with Crippen molar-refractivity contribution in [3.63, 3.8) is 0 Å². The maximum absolute atomic E-state index is 13.0. The van der Waals surface area contributed by atoms with Gasteiger partial charge in [-0.2, -0.15) is 4.39 Å². The van der Waals surface area contributed by atoms with Gasteiger partial charge in [0.25, 0.3) is 5.91 Å². The fraction of sp³-hybridized carbons (Fsp3) is 0.500. The van der Waals surface area contributed by atoms with E-state index >= 15 is 0 Å². The SMILES string of the molecule is COC1CN(C(=O)c2ccnc(F)c2)CC1OC. The standard InChI is InChI=1S/C12H15FN2O3/c1-17-9-6-15(7-10(9)18-2)12(16)8-3-4-14-11(13)5-8/h3-5,9-10H,6-7H2,1-2H3. The number of pyridine rings is 1. The molecule has 1 amide bonds. The number of carbonyl (C=O) groups is 1. The van der Waals surface area contributed by atoms with Crippen LogP contribution in [0, 0.1) is 5.95 Å². The van der Waals surface area contributed by atoms with Crippen molar-refractivity contribution in [2.24, 2.45) is 0 Å². The monoisotopic (exact) mass is 254 g/mol. The van der Waals surface area contributed by atoms with Crippen LogP contribution in [0.15, 0.2) is 18.3 Å². The zero-order chi connectivity index (χ0) is 13.1. The van der Waals surface area contributed by atoms with Gasteiger partial charge in [0, 0.05) is 45.1 Å². The van der Waals surface area contributed by atoms with Gasteiger partial charge >= 0.3 is 0 Å². The van der Waals surface area contributed by atoms with E-state index in [9.17, 15) is 9.18 Å². The number of rotatable bonds is 3. The van der Waals surface area contributed by atoms with E-state index in [1.807, 2.05) is 0 Å². The van der Waals surface area contributed by atoms with Gasteiger partial charge in [-0.15, -0.1) is 0 Å². The van der Waals surface area contributed by atoms with Gasteiger partial charge in [-0.05, 0) is 6.07 Å². The first-order valence-electron chi connectivity index (χ1n) is 5.62. The Morgan fingerprint density at radius 3 is 2.50 bits per heavy atom. The van der Waals surface area contributed by atoms with E-state index in [-0.39, 0.29) is 23.7 Å². The molecule has 0 spiro atoms. The summed E-state index contributed by atoms with van der Waals surface area (Å²) in [5.74, 6) is -0.899. The second kappa shape index (κ2) is 5.41. The Balaban J connectivity index is 2.11. The van der Waals surface area contributed by atoms with Crippen LogP contribution in [0.4, 0.5) is 4.39 Å². The van der Waals surface area contributed by atoms with Crippen LogP contribution in [-0.2, 0) is 9.47 Å². The van der Waals surface area contributed by atoms with Gasteiger partial charge in [0.05, 0.1) is 0 Å². The molecule has 2 rings (SSSR count). The predicted octanol–water partition coefficient (Wildman–Crippen LogP) is 0.706. The summed E-state index contributed by atoms with van der Waals surface area (Å²) < 4.78 is 23.5. The zero-order valence-corrected chi connectivity index (χ0v) is 10.3. The van der Waals surface area contributed by atoms with Crippen molar-refractivity contribution in [1.29, 1.82) is 0 Å². The summed E-state index contributed by atoms with van der Waals surface area (Å²) in [5.41, 5.74) is 0.286. The number of aromatic nitrogens is 1. The number of likely N-dealkylation sites (tertiary alicyclic amines) is 1. The predicted molar refractivity (Wildman–Crippen MR) is 61.7 cm³/mol. The third-order valence-electron chi connectivity index (χ3n) is 3.08. The fourth-order valence-corrected chi connectivity index (χ4v) is 2.08. The normalized spacial score (nSPS) is 23.4. The summed E-state index contributed by atoms with van der Waals surface area (Å²) in [5, 5.41) is 0. The van der Waals surface area contributed by atoms with Crippen LogP contribution in [0.3, 0.4) is 0 Å². The number of ether oxygens (including phenoxy) is 2. The van der Waals surface area contributed by atoms with Crippen molar-refractivity contribution in [1.82, 2.24) is 9.88 Å². The summed E-state index contributed by atoms with van der Waals surface area (Å²) in [6, 6.07) is 2.62. The summed E-state index contributed by atoms with van der Waals surface area (Å²) in [4.78, 5) is 17.2. The Morgan fingerprint density at radius 1 is 1.39 bits per heavy atom. The van der Waals surface area contributed by atoms with Gasteiger partial charge in [-0.1, -0.05) is 0 Å². The number of hydrogen-bond donors (Lipinski definition) is 0. The minimum atomic E-state index is -0.661. The second-order valence-electron chi connectivity index (χ2n) is 4.13. The van der Waals surface area contributed by atoms with E-state index in [0.717, 1.165) is 6.07 Å². The molecule has 0 aliphatic carbocycles. The molecule has 2 unspecified atom stereocenters. The van der Waals surface area contributed by atoms with Crippen molar-refractivity contribution in [2.75, 3.05) is 27.3 Å². The van der Waals surface area contributed by atoms with Crippen molar-refractivity contribution in [3.05, 3.63) is 29.8 Å². The molecular weight excluding hydrogens is 239 g/mol. The van der Waals surface area contributed by atoms with Gasteiger partial charge in [-0.25, -0.2) is 4.98 Å². The van der Waals surface area contributed by atoms with Gasteiger partial charge in [0.1, 0.15) is 12.2 Å². The molecule has 6 heteroatoms. The number of halogens is 1. The van der Waals surface area contributed by atoms with Crippen molar-refractivity contribution >= 4 is 5.91 Å². The lowest BCUT2D eigenvalue weighted by atomic mass is 10.2. The molecule has 1 aliphatic rings. The van der Waals surface area contributed by atoms with Gasteiger partial charge < -0.3 is 14.4 Å². The first-order chi connectivity index (χ1) is 8.65. The molecule has 1 saturated heterocycles. The number of amides is 1. The molecule has 2 atom stereocenters. The number of hydrogen-bond acceptors (Lipinski definition) is 4. The Hall–Kier alpha value is -1.53. The van der Waals surface area contributed by atoms with Crippen LogP contribution in [0.5, 0.6) is 0 Å². The first kappa shape index (κ1) is 12.9. The zero-order valence-electron chi connectivity index (χ0n) is 10.3. The molecule has 18 heavy (non-hydrogen) atoms. The molecule has 1 aliphatic heterocycles. The third kappa shape index (κ3) is 2.49. The Bertz CT molecular complexity index is 429. The van der Waals surface area contributed by atoms with Crippen molar-refractivity contribution in [2.45, 2.75) is 12.2 Å². The molecule has 0 bridgehead atoms. The van der Waals surface area contributed by atoms with Crippen LogP contribution in [0.1, 0.15) is 10.4 Å².